The van der Waals surface area contributed by atoms with E-state index in [4.69, 9.17) is 5.73 Å². The van der Waals surface area contributed by atoms with Crippen molar-refractivity contribution >= 4 is 17.3 Å². The summed E-state index contributed by atoms with van der Waals surface area (Å²) in [4.78, 5) is 13.8. The van der Waals surface area contributed by atoms with Crippen molar-refractivity contribution in [2.24, 2.45) is 0 Å². The zero-order valence-corrected chi connectivity index (χ0v) is 11.3. The second kappa shape index (κ2) is 5.78. The molecule has 0 aliphatic rings. The van der Waals surface area contributed by atoms with Crippen LogP contribution >= 0.6 is 0 Å². The molecule has 0 atom stereocenters. The highest BCUT2D eigenvalue weighted by atomic mass is 19.2. The molecule has 4 nitrogen and oxygen atoms in total. The van der Waals surface area contributed by atoms with E-state index in [9.17, 15) is 18.7 Å². The Kier molecular flexibility index (Phi) is 4.07. The average Bonchev–Trinajstić information content (AvgIpc) is 2.43. The maximum atomic E-state index is 13.3. The zero-order valence-electron chi connectivity index (χ0n) is 11.3. The number of halogens is 2. The quantitative estimate of drug-likeness (QED) is 0.855. The van der Waals surface area contributed by atoms with Gasteiger partial charge in [0.15, 0.2) is 11.6 Å². The van der Waals surface area contributed by atoms with Gasteiger partial charge in [0.25, 0.3) is 5.91 Å². The predicted molar refractivity (Wildman–Crippen MR) is 76.2 cm³/mol. The molecule has 110 valence electrons. The van der Waals surface area contributed by atoms with E-state index in [1.807, 2.05) is 0 Å². The first kappa shape index (κ1) is 14.8. The Bertz CT molecular complexity index is 689. The minimum absolute atomic E-state index is 0.00277. The van der Waals surface area contributed by atoms with Gasteiger partial charge in [0, 0.05) is 30.1 Å². The number of benzene rings is 2. The van der Waals surface area contributed by atoms with Gasteiger partial charge in [-0.25, -0.2) is 8.78 Å². The van der Waals surface area contributed by atoms with E-state index in [2.05, 4.69) is 0 Å². The van der Waals surface area contributed by atoms with Gasteiger partial charge in [0.1, 0.15) is 5.75 Å². The Morgan fingerprint density at radius 3 is 2.52 bits per heavy atom. The van der Waals surface area contributed by atoms with Crippen molar-refractivity contribution in [2.75, 3.05) is 17.2 Å². The Balaban J connectivity index is 2.44. The normalized spacial score (nSPS) is 10.4. The molecule has 0 aliphatic heterocycles. The lowest BCUT2D eigenvalue weighted by Gasteiger charge is -2.22. The monoisotopic (exact) mass is 292 g/mol. The fourth-order valence-corrected chi connectivity index (χ4v) is 2.00. The topological polar surface area (TPSA) is 66.6 Å². The highest BCUT2D eigenvalue weighted by molar-refractivity contribution is 6.09. The Hall–Kier alpha value is -2.63. The molecule has 0 unspecified atom stereocenters. The molecule has 21 heavy (non-hydrogen) atoms. The van der Waals surface area contributed by atoms with Gasteiger partial charge in [0.2, 0.25) is 0 Å². The van der Waals surface area contributed by atoms with E-state index in [-0.39, 0.29) is 23.5 Å². The third-order valence-corrected chi connectivity index (χ3v) is 3.03. The van der Waals surface area contributed by atoms with Crippen LogP contribution < -0.4 is 10.6 Å². The van der Waals surface area contributed by atoms with Crippen LogP contribution in [0.5, 0.6) is 5.75 Å². The largest absolute Gasteiger partial charge is 0.508 e. The number of carbonyl (C=O) groups is 1. The van der Waals surface area contributed by atoms with E-state index in [1.54, 1.807) is 19.1 Å². The summed E-state index contributed by atoms with van der Waals surface area (Å²) >= 11 is 0. The van der Waals surface area contributed by atoms with Gasteiger partial charge < -0.3 is 15.7 Å². The highest BCUT2D eigenvalue weighted by Gasteiger charge is 2.21. The molecule has 6 heteroatoms. The van der Waals surface area contributed by atoms with Crippen LogP contribution in [0.3, 0.4) is 0 Å². The fraction of sp³-hybridized carbons (Fsp3) is 0.133. The second-order valence-electron chi connectivity index (χ2n) is 4.42. The first-order valence-corrected chi connectivity index (χ1v) is 6.29. The molecule has 0 bridgehead atoms. The summed E-state index contributed by atoms with van der Waals surface area (Å²) in [5, 5.41) is 9.47. The zero-order chi connectivity index (χ0) is 15.6. The number of aromatic hydroxyl groups is 1. The molecular weight excluding hydrogens is 278 g/mol. The Morgan fingerprint density at radius 2 is 1.90 bits per heavy atom. The summed E-state index contributed by atoms with van der Waals surface area (Å²) < 4.78 is 26.4. The number of hydrogen-bond acceptors (Lipinski definition) is 3. The predicted octanol–water partition coefficient (Wildman–Crippen LogP) is 2.92. The molecule has 0 spiro atoms. The van der Waals surface area contributed by atoms with E-state index in [0.29, 0.717) is 5.69 Å². The first-order valence-electron chi connectivity index (χ1n) is 6.29. The smallest absolute Gasteiger partial charge is 0.260 e. The maximum Gasteiger partial charge on any atom is 0.260 e. The molecule has 2 aromatic rings. The number of rotatable bonds is 3. The van der Waals surface area contributed by atoms with E-state index in [1.165, 1.54) is 17.0 Å². The molecule has 0 radical (unpaired) electrons. The van der Waals surface area contributed by atoms with Gasteiger partial charge in [-0.05, 0) is 25.1 Å². The number of phenolic OH excluding ortho intramolecular Hbond substituents is 1. The van der Waals surface area contributed by atoms with Crippen LogP contribution in [-0.2, 0) is 0 Å². The van der Waals surface area contributed by atoms with Crippen molar-refractivity contribution in [3.63, 3.8) is 0 Å². The number of hydrogen-bond donors (Lipinski definition) is 2. The van der Waals surface area contributed by atoms with Crippen LogP contribution in [0.15, 0.2) is 36.4 Å². The van der Waals surface area contributed by atoms with Crippen LogP contribution in [0, 0.1) is 11.6 Å². The van der Waals surface area contributed by atoms with Gasteiger partial charge in [-0.2, -0.15) is 0 Å². The van der Waals surface area contributed by atoms with Crippen LogP contribution in [0.4, 0.5) is 20.2 Å². The van der Waals surface area contributed by atoms with Crippen molar-refractivity contribution in [1.29, 1.82) is 0 Å². The van der Waals surface area contributed by atoms with Crippen molar-refractivity contribution in [3.8, 4) is 5.75 Å². The lowest BCUT2D eigenvalue weighted by molar-refractivity contribution is 0.0988. The number of phenols is 1. The van der Waals surface area contributed by atoms with Gasteiger partial charge in [-0.15, -0.1) is 0 Å². The third kappa shape index (κ3) is 2.94. The number of anilines is 2. The van der Waals surface area contributed by atoms with Crippen LogP contribution in [0.2, 0.25) is 0 Å². The first-order chi connectivity index (χ1) is 9.93. The summed E-state index contributed by atoms with van der Waals surface area (Å²) in [6, 6.07) is 7.62. The number of nitrogen functional groups attached to an aromatic ring is 1. The molecule has 2 rings (SSSR count). The maximum absolute atomic E-state index is 13.3. The molecule has 0 saturated carbocycles. The van der Waals surface area contributed by atoms with E-state index < -0.39 is 17.5 Å². The number of carbonyl (C=O) groups excluding carboxylic acids is 1. The number of amides is 1. The second-order valence-corrected chi connectivity index (χ2v) is 4.42. The molecule has 0 saturated heterocycles. The SMILES string of the molecule is CCN(C(=O)c1cc(F)c(F)cc1N)c1cccc(O)c1. The summed E-state index contributed by atoms with van der Waals surface area (Å²) in [5.74, 6) is -2.82. The van der Waals surface area contributed by atoms with Gasteiger partial charge in [-0.3, -0.25) is 4.79 Å². The van der Waals surface area contributed by atoms with Crippen molar-refractivity contribution in [1.82, 2.24) is 0 Å². The van der Waals surface area contributed by atoms with Crippen LogP contribution in [-0.4, -0.2) is 17.6 Å². The molecule has 1 amide bonds. The van der Waals surface area contributed by atoms with Gasteiger partial charge >= 0.3 is 0 Å². The summed E-state index contributed by atoms with van der Waals surface area (Å²) in [5.41, 5.74) is 5.76. The molecular formula is C15H14F2N2O2. The van der Waals surface area contributed by atoms with Crippen molar-refractivity contribution in [2.45, 2.75) is 6.92 Å². The standard InChI is InChI=1S/C15H14F2N2O2/c1-2-19(9-4-3-5-10(20)6-9)15(21)11-7-12(16)13(17)8-14(11)18/h3-8,20H,2,18H2,1H3. The lowest BCUT2D eigenvalue weighted by atomic mass is 10.1. The molecule has 0 aromatic heterocycles. The number of nitrogens with two attached hydrogens (primary N) is 1. The minimum Gasteiger partial charge on any atom is -0.508 e. The summed E-state index contributed by atoms with van der Waals surface area (Å²) in [7, 11) is 0. The van der Waals surface area contributed by atoms with Crippen LogP contribution in [0.1, 0.15) is 17.3 Å². The van der Waals surface area contributed by atoms with Crippen LogP contribution in [0.25, 0.3) is 0 Å². The van der Waals surface area contributed by atoms with E-state index in [0.717, 1.165) is 12.1 Å². The molecule has 3 N–H and O–H groups in total. The van der Waals surface area contributed by atoms with Gasteiger partial charge in [0.05, 0.1) is 5.56 Å². The molecule has 0 fully saturated rings. The Morgan fingerprint density at radius 1 is 1.24 bits per heavy atom. The highest BCUT2D eigenvalue weighted by Crippen LogP contribution is 2.24. The average molecular weight is 292 g/mol. The lowest BCUT2D eigenvalue weighted by Crippen LogP contribution is -2.31. The van der Waals surface area contributed by atoms with Gasteiger partial charge in [-0.1, -0.05) is 6.07 Å². The molecule has 0 aliphatic carbocycles. The van der Waals surface area contributed by atoms with E-state index >= 15 is 0 Å². The summed E-state index contributed by atoms with van der Waals surface area (Å²) in [6.45, 7) is 2.00. The Labute approximate surface area is 120 Å². The molecule has 0 heterocycles. The minimum atomic E-state index is -1.14. The van der Waals surface area contributed by atoms with Crippen molar-refractivity contribution in [3.05, 3.63) is 53.6 Å². The molecule has 2 aromatic carbocycles. The summed E-state index contributed by atoms with van der Waals surface area (Å²) in [6.07, 6.45) is 0. The third-order valence-electron chi connectivity index (χ3n) is 3.03. The van der Waals surface area contributed by atoms with Crippen molar-refractivity contribution < 1.29 is 18.7 Å². The fourth-order valence-electron chi connectivity index (χ4n) is 2.00. The number of nitrogens with zero attached hydrogens (tertiary/aromatic N) is 1.